The number of ether oxygens (including phenoxy) is 4. The van der Waals surface area contributed by atoms with Crippen molar-refractivity contribution in [1.29, 1.82) is 0 Å². The second-order valence-corrected chi connectivity index (χ2v) is 17.6. The molecule has 14 heteroatoms. The summed E-state index contributed by atoms with van der Waals surface area (Å²) < 4.78 is 22.6. The van der Waals surface area contributed by atoms with Crippen LogP contribution < -0.4 is 5.32 Å². The molecule has 0 saturated carbocycles. The van der Waals surface area contributed by atoms with Crippen molar-refractivity contribution in [2.75, 3.05) is 19.8 Å². The van der Waals surface area contributed by atoms with E-state index in [1.165, 1.54) is 70.6 Å². The van der Waals surface area contributed by atoms with Gasteiger partial charge in [0.2, 0.25) is 5.91 Å². The SMILES string of the molecule is CCCCCC/C=C\CCCCCCCC(=O)NC(COC1OC(CO)C(OC2OC(CO)C(O)C(O)C2O)C(O)C1O)C(O)/C=C/CC/C=C/CC/C=C/CCCCCCCCC. The number of allylic oxidation sites excluding steroid dienone is 7. The molecule has 2 rings (SSSR count). The fourth-order valence-corrected chi connectivity index (χ4v) is 7.84. The zero-order valence-electron chi connectivity index (χ0n) is 39.3. The maximum atomic E-state index is 13.1. The van der Waals surface area contributed by atoms with E-state index in [1.54, 1.807) is 6.08 Å². The molecule has 2 saturated heterocycles. The summed E-state index contributed by atoms with van der Waals surface area (Å²) in [6.45, 7) is 2.71. The Morgan fingerprint density at radius 1 is 0.547 bits per heavy atom. The second-order valence-electron chi connectivity index (χ2n) is 17.6. The van der Waals surface area contributed by atoms with Crippen molar-refractivity contribution < 1.29 is 64.6 Å². The number of carbonyl (C=O) groups is 1. The molecule has 0 bridgehead atoms. The van der Waals surface area contributed by atoms with Crippen LogP contribution in [-0.4, -0.2) is 140 Å². The van der Waals surface area contributed by atoms with E-state index in [9.17, 15) is 45.6 Å². The number of aliphatic hydroxyl groups excluding tert-OH is 8. The molecule has 2 fully saturated rings. The molecule has 14 nitrogen and oxygen atoms in total. The molecule has 12 unspecified atom stereocenters. The first kappa shape index (κ1) is 58.1. The van der Waals surface area contributed by atoms with Gasteiger partial charge in [-0.3, -0.25) is 4.79 Å². The van der Waals surface area contributed by atoms with Gasteiger partial charge in [0.15, 0.2) is 12.6 Å². The number of amides is 1. The van der Waals surface area contributed by atoms with Crippen LogP contribution in [0.25, 0.3) is 0 Å². The highest BCUT2D eigenvalue weighted by molar-refractivity contribution is 5.76. The summed E-state index contributed by atoms with van der Waals surface area (Å²) in [4.78, 5) is 13.1. The van der Waals surface area contributed by atoms with Crippen molar-refractivity contribution in [2.24, 2.45) is 0 Å². The van der Waals surface area contributed by atoms with Gasteiger partial charge in [-0.25, -0.2) is 0 Å². The number of nitrogens with one attached hydrogen (secondary N) is 1. The Labute approximate surface area is 384 Å². The number of rotatable bonds is 37. The maximum Gasteiger partial charge on any atom is 0.220 e. The number of hydrogen-bond donors (Lipinski definition) is 9. The third-order valence-corrected chi connectivity index (χ3v) is 12.0. The molecule has 0 radical (unpaired) electrons. The van der Waals surface area contributed by atoms with E-state index >= 15 is 0 Å². The van der Waals surface area contributed by atoms with Crippen LogP contribution in [0.2, 0.25) is 0 Å². The van der Waals surface area contributed by atoms with Crippen molar-refractivity contribution in [3.8, 4) is 0 Å². The zero-order chi connectivity index (χ0) is 46.8. The lowest BCUT2D eigenvalue weighted by Crippen LogP contribution is -2.65. The fourth-order valence-electron chi connectivity index (χ4n) is 7.84. The summed E-state index contributed by atoms with van der Waals surface area (Å²) in [6, 6.07) is -0.940. The Hall–Kier alpha value is -2.05. The van der Waals surface area contributed by atoms with E-state index in [1.807, 2.05) is 6.08 Å². The Morgan fingerprint density at radius 3 is 1.55 bits per heavy atom. The minimum Gasteiger partial charge on any atom is -0.394 e. The Bertz CT molecular complexity index is 1260. The maximum absolute atomic E-state index is 13.1. The second kappa shape index (κ2) is 37.0. The summed E-state index contributed by atoms with van der Waals surface area (Å²) in [5.74, 6) is -0.266. The third kappa shape index (κ3) is 24.1. The molecule has 0 aromatic rings. The first-order chi connectivity index (χ1) is 31.1. The van der Waals surface area contributed by atoms with Gasteiger partial charge in [0, 0.05) is 6.42 Å². The van der Waals surface area contributed by atoms with E-state index < -0.39 is 86.8 Å². The Balaban J connectivity index is 1.90. The molecule has 0 aromatic heterocycles. The van der Waals surface area contributed by atoms with Gasteiger partial charge in [-0.15, -0.1) is 0 Å². The predicted molar refractivity (Wildman–Crippen MR) is 249 cm³/mol. The molecule has 0 aromatic carbocycles. The standard InChI is InChI=1S/C50H89NO13/c1-3-5-7-9-11-13-15-17-18-19-20-22-23-25-27-29-31-33-39(54)38(51-42(55)34-32-30-28-26-24-21-16-14-12-10-8-6-4-2)37-61-49-47(60)45(58)48(41(36-53)63-49)64-50-46(59)44(57)43(56)40(35-52)62-50/h14,16,18-19,23,25,31,33,38-41,43-50,52-54,56-60H,3-13,15,17,20-22,24,26-30,32,34-37H2,1-2H3,(H,51,55)/b16-14-,19-18+,25-23+,33-31+. The summed E-state index contributed by atoms with van der Waals surface area (Å²) in [5, 5.41) is 86.6. The van der Waals surface area contributed by atoms with Crippen LogP contribution in [0.15, 0.2) is 48.6 Å². The highest BCUT2D eigenvalue weighted by atomic mass is 16.7. The van der Waals surface area contributed by atoms with E-state index in [0.717, 1.165) is 64.2 Å². The molecular weight excluding hydrogens is 823 g/mol. The van der Waals surface area contributed by atoms with Crippen LogP contribution in [0.5, 0.6) is 0 Å². The average molecular weight is 912 g/mol. The normalized spacial score (nSPS) is 27.7. The van der Waals surface area contributed by atoms with Gasteiger partial charge in [0.25, 0.3) is 0 Å². The van der Waals surface area contributed by atoms with Gasteiger partial charge in [-0.05, 0) is 70.6 Å². The van der Waals surface area contributed by atoms with Crippen LogP contribution in [0.4, 0.5) is 0 Å². The molecule has 12 atom stereocenters. The van der Waals surface area contributed by atoms with Crippen LogP contribution in [-0.2, 0) is 23.7 Å². The van der Waals surface area contributed by atoms with Gasteiger partial charge in [-0.1, -0.05) is 140 Å². The quantitative estimate of drug-likeness (QED) is 0.0254. The van der Waals surface area contributed by atoms with E-state index in [0.29, 0.717) is 12.8 Å². The molecular formula is C50H89NO13. The van der Waals surface area contributed by atoms with E-state index in [4.69, 9.17) is 18.9 Å². The summed E-state index contributed by atoms with van der Waals surface area (Å²) in [7, 11) is 0. The monoisotopic (exact) mass is 912 g/mol. The zero-order valence-corrected chi connectivity index (χ0v) is 39.3. The number of carbonyl (C=O) groups excluding carboxylic acids is 1. The highest BCUT2D eigenvalue weighted by Crippen LogP contribution is 2.30. The lowest BCUT2D eigenvalue weighted by Gasteiger charge is -2.46. The smallest absolute Gasteiger partial charge is 0.220 e. The molecule has 0 spiro atoms. The minimum absolute atomic E-state index is 0.258. The largest absolute Gasteiger partial charge is 0.394 e. The number of unbranched alkanes of at least 4 members (excludes halogenated alkanes) is 18. The lowest BCUT2D eigenvalue weighted by molar-refractivity contribution is -0.359. The van der Waals surface area contributed by atoms with Crippen molar-refractivity contribution >= 4 is 5.91 Å². The minimum atomic E-state index is -1.79. The summed E-state index contributed by atoms with van der Waals surface area (Å²) >= 11 is 0. The van der Waals surface area contributed by atoms with Crippen molar-refractivity contribution in [3.05, 3.63) is 48.6 Å². The van der Waals surface area contributed by atoms with Gasteiger partial charge in [0.1, 0.15) is 48.8 Å². The third-order valence-electron chi connectivity index (χ3n) is 12.0. The lowest BCUT2D eigenvalue weighted by atomic mass is 9.97. The topological polar surface area (TPSA) is 228 Å². The van der Waals surface area contributed by atoms with Gasteiger partial charge in [0.05, 0.1) is 32.0 Å². The molecule has 2 aliphatic heterocycles. The van der Waals surface area contributed by atoms with E-state index in [-0.39, 0.29) is 18.9 Å². The Morgan fingerprint density at radius 2 is 1.00 bits per heavy atom. The molecule has 9 N–H and O–H groups in total. The van der Waals surface area contributed by atoms with Crippen molar-refractivity contribution in [3.63, 3.8) is 0 Å². The van der Waals surface area contributed by atoms with Crippen molar-refractivity contribution in [1.82, 2.24) is 5.32 Å². The number of aliphatic hydroxyl groups is 8. The predicted octanol–water partition coefficient (Wildman–Crippen LogP) is 6.10. The first-order valence-corrected chi connectivity index (χ1v) is 24.9. The van der Waals surface area contributed by atoms with Gasteiger partial charge in [-0.2, -0.15) is 0 Å². The molecule has 1 amide bonds. The van der Waals surface area contributed by atoms with Crippen LogP contribution >= 0.6 is 0 Å². The van der Waals surface area contributed by atoms with Crippen LogP contribution in [0.1, 0.15) is 168 Å². The number of hydrogen-bond acceptors (Lipinski definition) is 13. The summed E-state index contributed by atoms with van der Waals surface area (Å²) in [6.07, 6.45) is 25.8. The fraction of sp³-hybridized carbons (Fsp3) is 0.820. The van der Waals surface area contributed by atoms with Crippen LogP contribution in [0.3, 0.4) is 0 Å². The molecule has 2 aliphatic rings. The first-order valence-electron chi connectivity index (χ1n) is 24.9. The van der Waals surface area contributed by atoms with Gasteiger partial charge < -0.3 is 65.1 Å². The Kier molecular flexibility index (Phi) is 33.6. The average Bonchev–Trinajstić information content (AvgIpc) is 3.29. The molecule has 2 heterocycles. The highest BCUT2D eigenvalue weighted by Gasteiger charge is 2.51. The molecule has 372 valence electrons. The van der Waals surface area contributed by atoms with Crippen molar-refractivity contribution in [2.45, 2.75) is 242 Å². The summed E-state index contributed by atoms with van der Waals surface area (Å²) in [5.41, 5.74) is 0. The van der Waals surface area contributed by atoms with Crippen LogP contribution in [0, 0.1) is 0 Å². The van der Waals surface area contributed by atoms with Gasteiger partial charge >= 0.3 is 0 Å². The van der Waals surface area contributed by atoms with E-state index in [2.05, 4.69) is 55.6 Å². The molecule has 0 aliphatic carbocycles. The molecule has 64 heavy (non-hydrogen) atoms.